The van der Waals surface area contributed by atoms with E-state index in [1.54, 1.807) is 0 Å². The van der Waals surface area contributed by atoms with Crippen molar-refractivity contribution in [2.24, 2.45) is 0 Å². The van der Waals surface area contributed by atoms with E-state index in [4.69, 9.17) is 9.47 Å². The molecular weight excluding hydrogens is 220 g/mol. The third kappa shape index (κ3) is 5.30. The largest absolute Gasteiger partial charge is 0.372 e. The van der Waals surface area contributed by atoms with Gasteiger partial charge in [0.2, 0.25) is 5.91 Å². The van der Waals surface area contributed by atoms with Crippen LogP contribution in [0.3, 0.4) is 0 Å². The highest BCUT2D eigenvalue weighted by Gasteiger charge is 2.30. The third-order valence-corrected chi connectivity index (χ3v) is 2.86. The van der Waals surface area contributed by atoms with E-state index in [-0.39, 0.29) is 5.91 Å². The molecule has 5 nitrogen and oxygen atoms in total. The monoisotopic (exact) mass is 240 g/mol. The van der Waals surface area contributed by atoms with Crippen LogP contribution in [-0.2, 0) is 14.3 Å². The number of nitrogens with one attached hydrogen (secondary N) is 1. The number of carbonyl (C=O) groups excluding carboxylic acids is 1. The van der Waals surface area contributed by atoms with Crippen molar-refractivity contribution in [2.75, 3.05) is 39.4 Å². The molecule has 2 heterocycles. The molecule has 2 aliphatic rings. The van der Waals surface area contributed by atoms with Crippen LogP contribution in [-0.4, -0.2) is 62.4 Å². The van der Waals surface area contributed by atoms with Crippen LogP contribution in [0.1, 0.15) is 6.42 Å². The first-order valence-electron chi connectivity index (χ1n) is 6.14. The summed E-state index contributed by atoms with van der Waals surface area (Å²) in [5.41, 5.74) is 0. The Balaban J connectivity index is 1.58. The number of hydrogen-bond donors (Lipinski definition) is 1. The van der Waals surface area contributed by atoms with E-state index in [9.17, 15) is 4.79 Å². The quantitative estimate of drug-likeness (QED) is 0.344. The summed E-state index contributed by atoms with van der Waals surface area (Å²) in [7, 11) is 0. The summed E-state index contributed by atoms with van der Waals surface area (Å²) >= 11 is 0. The molecule has 0 spiro atoms. The Morgan fingerprint density at radius 2 is 1.94 bits per heavy atom. The summed E-state index contributed by atoms with van der Waals surface area (Å²) in [6, 6.07) is 0. The zero-order chi connectivity index (χ0) is 12.1. The molecule has 0 aliphatic carbocycles. The number of amides is 1. The fraction of sp³-hybridized carbons (Fsp3) is 0.750. The Hall–Kier alpha value is -0.910. The molecule has 2 atom stereocenters. The molecule has 2 aliphatic heterocycles. The molecule has 1 N–H and O–H groups in total. The Bertz CT molecular complexity index is 261. The van der Waals surface area contributed by atoms with E-state index in [0.29, 0.717) is 18.8 Å². The predicted octanol–water partition coefficient (Wildman–Crippen LogP) is -0.222. The van der Waals surface area contributed by atoms with Gasteiger partial charge in [0.15, 0.2) is 0 Å². The van der Waals surface area contributed by atoms with Gasteiger partial charge in [-0.1, -0.05) is 6.58 Å². The summed E-state index contributed by atoms with van der Waals surface area (Å²) in [6.07, 6.45) is 3.07. The van der Waals surface area contributed by atoms with Crippen molar-refractivity contribution in [2.45, 2.75) is 18.6 Å². The second-order valence-corrected chi connectivity index (χ2v) is 4.52. The molecule has 2 unspecified atom stereocenters. The molecule has 1 amide bonds. The Kier molecular flexibility index (Phi) is 4.53. The number of carbonyl (C=O) groups is 1. The lowest BCUT2D eigenvalue weighted by Gasteiger charge is -2.20. The average molecular weight is 240 g/mol. The SMILES string of the molecule is C=CC(=O)NCCCN(CC1CO1)CC1CO1. The number of rotatable bonds is 9. The number of ether oxygens (including phenoxy) is 2. The van der Waals surface area contributed by atoms with Crippen LogP contribution in [0.2, 0.25) is 0 Å². The normalized spacial score (nSPS) is 25.7. The van der Waals surface area contributed by atoms with Crippen LogP contribution in [0.4, 0.5) is 0 Å². The minimum absolute atomic E-state index is 0.104. The Morgan fingerprint density at radius 1 is 1.35 bits per heavy atom. The van der Waals surface area contributed by atoms with Gasteiger partial charge >= 0.3 is 0 Å². The molecule has 5 heteroatoms. The fourth-order valence-corrected chi connectivity index (χ4v) is 1.77. The lowest BCUT2D eigenvalue weighted by molar-refractivity contribution is -0.116. The van der Waals surface area contributed by atoms with E-state index in [0.717, 1.165) is 39.3 Å². The van der Waals surface area contributed by atoms with Gasteiger partial charge < -0.3 is 14.8 Å². The van der Waals surface area contributed by atoms with Crippen molar-refractivity contribution in [1.82, 2.24) is 10.2 Å². The van der Waals surface area contributed by atoms with Crippen LogP contribution in [0.5, 0.6) is 0 Å². The maximum absolute atomic E-state index is 10.9. The van der Waals surface area contributed by atoms with Crippen molar-refractivity contribution >= 4 is 5.91 Å². The van der Waals surface area contributed by atoms with Crippen molar-refractivity contribution in [3.8, 4) is 0 Å². The van der Waals surface area contributed by atoms with Crippen LogP contribution in [0.15, 0.2) is 12.7 Å². The number of hydrogen-bond acceptors (Lipinski definition) is 4. The van der Waals surface area contributed by atoms with Gasteiger partial charge in [-0.25, -0.2) is 0 Å². The van der Waals surface area contributed by atoms with Crippen LogP contribution in [0, 0.1) is 0 Å². The van der Waals surface area contributed by atoms with Crippen LogP contribution in [0.25, 0.3) is 0 Å². The van der Waals surface area contributed by atoms with Gasteiger partial charge in [0.05, 0.1) is 25.4 Å². The molecule has 0 aromatic rings. The van der Waals surface area contributed by atoms with Crippen LogP contribution < -0.4 is 5.32 Å². The van der Waals surface area contributed by atoms with Crippen LogP contribution >= 0.6 is 0 Å². The van der Waals surface area contributed by atoms with E-state index < -0.39 is 0 Å². The Labute approximate surface area is 102 Å². The highest BCUT2D eigenvalue weighted by Crippen LogP contribution is 2.15. The van der Waals surface area contributed by atoms with Gasteiger partial charge in [-0.3, -0.25) is 9.69 Å². The molecule has 0 bridgehead atoms. The summed E-state index contributed by atoms with van der Waals surface area (Å²) in [6.45, 7) is 8.81. The fourth-order valence-electron chi connectivity index (χ4n) is 1.77. The molecule has 17 heavy (non-hydrogen) atoms. The zero-order valence-corrected chi connectivity index (χ0v) is 10.1. The molecule has 0 aromatic carbocycles. The summed E-state index contributed by atoms with van der Waals surface area (Å²) in [4.78, 5) is 13.3. The van der Waals surface area contributed by atoms with E-state index in [1.807, 2.05) is 0 Å². The number of nitrogens with zero attached hydrogens (tertiary/aromatic N) is 1. The summed E-state index contributed by atoms with van der Waals surface area (Å²) in [5.74, 6) is -0.104. The lowest BCUT2D eigenvalue weighted by atomic mass is 10.3. The lowest BCUT2D eigenvalue weighted by Crippen LogP contribution is -2.34. The highest BCUT2D eigenvalue weighted by atomic mass is 16.6. The zero-order valence-electron chi connectivity index (χ0n) is 10.1. The van der Waals surface area contributed by atoms with Crippen molar-refractivity contribution in [3.05, 3.63) is 12.7 Å². The topological polar surface area (TPSA) is 57.4 Å². The van der Waals surface area contributed by atoms with Gasteiger partial charge in [-0.2, -0.15) is 0 Å². The smallest absolute Gasteiger partial charge is 0.243 e. The van der Waals surface area contributed by atoms with E-state index in [1.165, 1.54) is 6.08 Å². The molecule has 0 saturated carbocycles. The predicted molar refractivity (Wildman–Crippen MR) is 63.7 cm³/mol. The minimum Gasteiger partial charge on any atom is -0.372 e. The first-order valence-corrected chi connectivity index (χ1v) is 6.14. The van der Waals surface area contributed by atoms with Crippen molar-refractivity contribution in [3.63, 3.8) is 0 Å². The molecule has 2 saturated heterocycles. The van der Waals surface area contributed by atoms with Crippen molar-refractivity contribution < 1.29 is 14.3 Å². The van der Waals surface area contributed by atoms with Crippen molar-refractivity contribution in [1.29, 1.82) is 0 Å². The standard InChI is InChI=1S/C12H20N2O3/c1-2-12(15)13-4-3-5-14(6-10-8-16-10)7-11-9-17-11/h2,10-11H,1,3-9H2,(H,13,15). The Morgan fingerprint density at radius 3 is 2.41 bits per heavy atom. The molecule has 2 fully saturated rings. The maximum atomic E-state index is 10.9. The van der Waals surface area contributed by atoms with Gasteiger partial charge in [0.1, 0.15) is 0 Å². The summed E-state index contributed by atoms with van der Waals surface area (Å²) in [5, 5.41) is 2.78. The third-order valence-electron chi connectivity index (χ3n) is 2.86. The average Bonchev–Trinajstić information content (AvgIpc) is 3.19. The second-order valence-electron chi connectivity index (χ2n) is 4.52. The molecule has 2 rings (SSSR count). The van der Waals surface area contributed by atoms with Gasteiger partial charge in [0, 0.05) is 26.2 Å². The summed E-state index contributed by atoms with van der Waals surface area (Å²) < 4.78 is 10.5. The molecule has 0 aromatic heterocycles. The van der Waals surface area contributed by atoms with Gasteiger partial charge in [0.25, 0.3) is 0 Å². The highest BCUT2D eigenvalue weighted by molar-refractivity contribution is 5.86. The first kappa shape index (κ1) is 12.5. The van der Waals surface area contributed by atoms with Gasteiger partial charge in [-0.15, -0.1) is 0 Å². The maximum Gasteiger partial charge on any atom is 0.243 e. The van der Waals surface area contributed by atoms with E-state index in [2.05, 4.69) is 16.8 Å². The van der Waals surface area contributed by atoms with E-state index >= 15 is 0 Å². The first-order chi connectivity index (χ1) is 8.28. The minimum atomic E-state index is -0.104. The number of epoxide rings is 2. The molecule has 96 valence electrons. The molecule has 0 radical (unpaired) electrons. The van der Waals surface area contributed by atoms with Gasteiger partial charge in [-0.05, 0) is 12.5 Å². The second kappa shape index (κ2) is 6.14. The molecular formula is C12H20N2O3.